The largest absolute Gasteiger partial charge is 1.00 e. The molecule has 0 saturated carbocycles. The molecule has 0 amide bonds. The maximum absolute atomic E-state index is 11.8. The van der Waals surface area contributed by atoms with E-state index in [0.29, 0.717) is 13.1 Å². The lowest BCUT2D eigenvalue weighted by molar-refractivity contribution is -0.0000112. The molecular formula is C31H47ClN2O2. The number of phenolic OH excluding ortho intramolecular Hbond substituents is 2. The van der Waals surface area contributed by atoms with Crippen LogP contribution in [0.2, 0.25) is 0 Å². The van der Waals surface area contributed by atoms with Gasteiger partial charge in [-0.05, 0) is 32.8 Å². The molecule has 0 atom stereocenters. The lowest BCUT2D eigenvalue weighted by atomic mass is 9.78. The van der Waals surface area contributed by atoms with Gasteiger partial charge in [0.25, 0.3) is 0 Å². The van der Waals surface area contributed by atoms with E-state index in [4.69, 9.17) is 0 Å². The SMILES string of the molecule is CC(C)(C)c1cc(C(C)(C)C)c(O)c([N+]2(c3cc(C(C)(C)C)cc(C(C)(C)C)c3O)C=NCC2)c1.[Cl-]. The third-order valence-electron chi connectivity index (χ3n) is 7.25. The van der Waals surface area contributed by atoms with Crippen molar-refractivity contribution < 1.29 is 22.6 Å². The summed E-state index contributed by atoms with van der Waals surface area (Å²) in [6, 6.07) is 8.55. The van der Waals surface area contributed by atoms with E-state index in [1.165, 1.54) is 0 Å². The fourth-order valence-corrected chi connectivity index (χ4v) is 4.82. The summed E-state index contributed by atoms with van der Waals surface area (Å²) in [7, 11) is 0. The minimum atomic E-state index is -0.243. The van der Waals surface area contributed by atoms with Crippen LogP contribution in [0.4, 0.5) is 11.4 Å². The van der Waals surface area contributed by atoms with E-state index in [9.17, 15) is 10.2 Å². The van der Waals surface area contributed by atoms with E-state index in [2.05, 4.69) is 112 Å². The van der Waals surface area contributed by atoms with Gasteiger partial charge in [0.15, 0.2) is 29.2 Å². The average molecular weight is 515 g/mol. The summed E-state index contributed by atoms with van der Waals surface area (Å²) in [4.78, 5) is 4.66. The van der Waals surface area contributed by atoms with E-state index >= 15 is 0 Å². The van der Waals surface area contributed by atoms with Crippen LogP contribution in [0.25, 0.3) is 0 Å². The standard InChI is InChI=1S/C31H46N2O2.ClH/c1-28(2,3)20-15-22(30(7,8)9)26(34)24(17-20)33(14-13-32-19-33)25-18-21(29(4,5)6)16-23(27(25)35)31(10,11)12;/h15-19H,13-14H2,1-12H3,(H-,34,35);1H. The van der Waals surface area contributed by atoms with Crippen molar-refractivity contribution in [2.75, 3.05) is 13.1 Å². The van der Waals surface area contributed by atoms with Crippen LogP contribution < -0.4 is 16.9 Å². The number of phenols is 2. The van der Waals surface area contributed by atoms with Gasteiger partial charge in [0.2, 0.25) is 0 Å². The van der Waals surface area contributed by atoms with Crippen LogP contribution in [-0.4, -0.2) is 29.6 Å². The van der Waals surface area contributed by atoms with Crippen molar-refractivity contribution in [3.63, 3.8) is 0 Å². The zero-order valence-electron chi connectivity index (χ0n) is 24.5. The van der Waals surface area contributed by atoms with Crippen molar-refractivity contribution in [2.45, 2.75) is 105 Å². The topological polar surface area (TPSA) is 52.8 Å². The highest BCUT2D eigenvalue weighted by molar-refractivity contribution is 5.90. The molecule has 0 aliphatic carbocycles. The molecule has 0 bridgehead atoms. The summed E-state index contributed by atoms with van der Waals surface area (Å²) in [6.07, 6.45) is 1.92. The second-order valence-corrected chi connectivity index (χ2v) is 14.4. The smallest absolute Gasteiger partial charge is 0.196 e. The third kappa shape index (κ3) is 5.45. The zero-order chi connectivity index (χ0) is 26.8. The van der Waals surface area contributed by atoms with Crippen molar-refractivity contribution in [1.29, 1.82) is 0 Å². The normalized spacial score (nSPS) is 16.2. The molecule has 2 N–H and O–H groups in total. The Morgan fingerprint density at radius 3 is 1.22 bits per heavy atom. The average Bonchev–Trinajstić information content (AvgIpc) is 3.15. The molecule has 1 aliphatic heterocycles. The van der Waals surface area contributed by atoms with Crippen LogP contribution in [0.15, 0.2) is 29.3 Å². The first-order valence-corrected chi connectivity index (χ1v) is 12.9. The maximum atomic E-state index is 11.8. The first-order valence-electron chi connectivity index (χ1n) is 12.9. The molecule has 36 heavy (non-hydrogen) atoms. The Hall–Kier alpha value is -2.04. The Morgan fingerprint density at radius 1 is 0.611 bits per heavy atom. The lowest BCUT2D eigenvalue weighted by Crippen LogP contribution is -3.00. The number of benzene rings is 2. The Bertz CT molecular complexity index is 1070. The summed E-state index contributed by atoms with van der Waals surface area (Å²) in [5.41, 5.74) is 5.03. The third-order valence-corrected chi connectivity index (χ3v) is 7.25. The van der Waals surface area contributed by atoms with Crippen molar-refractivity contribution in [3.05, 3.63) is 46.5 Å². The van der Waals surface area contributed by atoms with E-state index in [0.717, 1.165) is 33.6 Å². The molecule has 5 heteroatoms. The quantitative estimate of drug-likeness (QED) is 0.556. The fourth-order valence-electron chi connectivity index (χ4n) is 4.82. The maximum Gasteiger partial charge on any atom is 0.196 e. The summed E-state index contributed by atoms with van der Waals surface area (Å²) in [6.45, 7) is 27.3. The second-order valence-electron chi connectivity index (χ2n) is 14.4. The van der Waals surface area contributed by atoms with E-state index in [1.54, 1.807) is 0 Å². The van der Waals surface area contributed by atoms with Gasteiger partial charge in [0.05, 0.1) is 6.54 Å². The van der Waals surface area contributed by atoms with Crippen LogP contribution in [-0.2, 0) is 21.7 Å². The van der Waals surface area contributed by atoms with Crippen molar-refractivity contribution in [2.24, 2.45) is 4.99 Å². The predicted octanol–water partition coefficient (Wildman–Crippen LogP) is 4.97. The first-order chi connectivity index (χ1) is 15.7. The summed E-state index contributed by atoms with van der Waals surface area (Å²) in [5.74, 6) is 0.577. The Labute approximate surface area is 225 Å². The Balaban J connectivity index is 0.00000456. The number of rotatable bonds is 2. The van der Waals surface area contributed by atoms with E-state index < -0.39 is 0 Å². The number of hydrogen-bond acceptors (Lipinski definition) is 3. The monoisotopic (exact) mass is 514 g/mol. The number of hydrogen-bond donors (Lipinski definition) is 2. The predicted molar refractivity (Wildman–Crippen MR) is 151 cm³/mol. The molecule has 0 aromatic heterocycles. The molecular weight excluding hydrogens is 468 g/mol. The van der Waals surface area contributed by atoms with E-state index in [-0.39, 0.29) is 50.0 Å². The first kappa shape index (κ1) is 30.2. The molecule has 0 spiro atoms. The number of aliphatic imine (C=N–C) groups is 1. The van der Waals surface area contributed by atoms with Crippen LogP contribution in [0.3, 0.4) is 0 Å². The summed E-state index contributed by atoms with van der Waals surface area (Å²) >= 11 is 0. The minimum absolute atomic E-state index is 0. The molecule has 2 aromatic carbocycles. The van der Waals surface area contributed by atoms with Gasteiger partial charge in [-0.2, -0.15) is 0 Å². The molecule has 2 aromatic rings. The van der Waals surface area contributed by atoms with Gasteiger partial charge in [0.1, 0.15) is 6.54 Å². The number of quaternary nitrogens is 1. The lowest BCUT2D eigenvalue weighted by Gasteiger charge is -2.36. The molecule has 1 aliphatic rings. The second kappa shape index (κ2) is 9.36. The highest BCUT2D eigenvalue weighted by Crippen LogP contribution is 2.52. The summed E-state index contributed by atoms with van der Waals surface area (Å²) in [5, 5.41) is 23.6. The molecule has 0 fully saturated rings. The molecule has 0 unspecified atom stereocenters. The molecule has 200 valence electrons. The molecule has 3 rings (SSSR count). The van der Waals surface area contributed by atoms with Gasteiger partial charge in [-0.25, -0.2) is 9.48 Å². The van der Waals surface area contributed by atoms with Crippen molar-refractivity contribution in [1.82, 2.24) is 4.48 Å². The van der Waals surface area contributed by atoms with E-state index in [1.807, 2.05) is 6.34 Å². The molecule has 4 nitrogen and oxygen atoms in total. The highest BCUT2D eigenvalue weighted by Gasteiger charge is 2.44. The van der Waals surface area contributed by atoms with Crippen molar-refractivity contribution >= 4 is 17.7 Å². The zero-order valence-corrected chi connectivity index (χ0v) is 25.2. The Kier molecular flexibility index (Phi) is 7.85. The minimum Gasteiger partial charge on any atom is -1.00 e. The van der Waals surface area contributed by atoms with Gasteiger partial charge < -0.3 is 22.6 Å². The van der Waals surface area contributed by atoms with Gasteiger partial charge in [-0.15, -0.1) is 0 Å². The van der Waals surface area contributed by atoms with Gasteiger partial charge in [-0.3, -0.25) is 0 Å². The van der Waals surface area contributed by atoms with Crippen LogP contribution >= 0.6 is 0 Å². The number of nitrogens with zero attached hydrogens (tertiary/aromatic N) is 2. The van der Waals surface area contributed by atoms with Gasteiger partial charge in [0, 0.05) is 23.3 Å². The molecule has 1 heterocycles. The van der Waals surface area contributed by atoms with Crippen LogP contribution in [0, 0.1) is 0 Å². The van der Waals surface area contributed by atoms with Crippen LogP contribution in [0.5, 0.6) is 11.5 Å². The number of aromatic hydroxyl groups is 2. The highest BCUT2D eigenvalue weighted by atomic mass is 35.5. The van der Waals surface area contributed by atoms with Crippen molar-refractivity contribution in [3.8, 4) is 11.5 Å². The molecule has 0 saturated heterocycles. The fraction of sp³-hybridized carbons (Fsp3) is 0.581. The van der Waals surface area contributed by atoms with Crippen LogP contribution in [0.1, 0.15) is 105 Å². The molecule has 0 radical (unpaired) electrons. The van der Waals surface area contributed by atoms with Gasteiger partial charge in [-0.1, -0.05) is 95.2 Å². The van der Waals surface area contributed by atoms with Gasteiger partial charge >= 0.3 is 0 Å². The number of halogens is 1. The Morgan fingerprint density at radius 2 is 0.972 bits per heavy atom. The summed E-state index contributed by atoms with van der Waals surface area (Å²) < 4.78 is 0.206.